The predicted octanol–water partition coefficient (Wildman–Crippen LogP) is 3.61. The number of fused-ring (bicyclic) bond motifs is 1. The van der Waals surface area contributed by atoms with Crippen molar-refractivity contribution in [1.29, 1.82) is 0 Å². The SMILES string of the molecule is Cc1ccc2nc(-c3ccc(N4C(=O)C[C@@H](N5CCC[C@H](CO)C5)C4=O)cc3)sc2c1. The molecule has 0 spiro atoms. The van der Waals surface area contributed by atoms with Gasteiger partial charge in [0.1, 0.15) is 5.01 Å². The lowest BCUT2D eigenvalue weighted by Gasteiger charge is -2.34. The van der Waals surface area contributed by atoms with E-state index < -0.39 is 6.04 Å². The molecule has 0 radical (unpaired) electrons. The largest absolute Gasteiger partial charge is 0.396 e. The number of likely N-dealkylation sites (tertiary alicyclic amines) is 1. The number of aromatic nitrogens is 1. The highest BCUT2D eigenvalue weighted by molar-refractivity contribution is 7.21. The van der Waals surface area contributed by atoms with E-state index in [1.54, 1.807) is 11.3 Å². The van der Waals surface area contributed by atoms with Gasteiger partial charge in [0.15, 0.2) is 0 Å². The number of piperidine rings is 1. The van der Waals surface area contributed by atoms with Crippen LogP contribution in [-0.4, -0.2) is 52.5 Å². The standard InChI is InChI=1S/C24H25N3O3S/c1-15-4-9-19-21(11-15)31-23(25-19)17-5-7-18(8-6-17)27-22(29)12-20(24(27)30)26-10-2-3-16(13-26)14-28/h4-9,11,16,20,28H,2-3,10,12-14H2,1H3/t16-,20+/m0/s1. The van der Waals surface area contributed by atoms with Gasteiger partial charge in [0, 0.05) is 18.7 Å². The molecule has 3 aromatic rings. The van der Waals surface area contributed by atoms with Gasteiger partial charge in [-0.2, -0.15) is 0 Å². The smallest absolute Gasteiger partial charge is 0.251 e. The summed E-state index contributed by atoms with van der Waals surface area (Å²) in [6.45, 7) is 3.66. The average molecular weight is 436 g/mol. The van der Waals surface area contributed by atoms with Gasteiger partial charge in [-0.1, -0.05) is 6.07 Å². The third-order valence-corrected chi connectivity index (χ3v) is 7.36. The maximum Gasteiger partial charge on any atom is 0.251 e. The van der Waals surface area contributed by atoms with Gasteiger partial charge < -0.3 is 5.11 Å². The number of anilines is 1. The summed E-state index contributed by atoms with van der Waals surface area (Å²) in [6.07, 6.45) is 2.12. The molecule has 3 heterocycles. The molecule has 2 aliphatic rings. The van der Waals surface area contributed by atoms with Crippen molar-refractivity contribution < 1.29 is 14.7 Å². The number of benzene rings is 2. The summed E-state index contributed by atoms with van der Waals surface area (Å²) in [5, 5.41) is 10.4. The van der Waals surface area contributed by atoms with Gasteiger partial charge >= 0.3 is 0 Å². The van der Waals surface area contributed by atoms with Crippen LogP contribution in [0.1, 0.15) is 24.8 Å². The molecule has 0 saturated carbocycles. The molecule has 160 valence electrons. The maximum absolute atomic E-state index is 13.1. The molecule has 1 N–H and O–H groups in total. The highest BCUT2D eigenvalue weighted by Gasteiger charge is 2.43. The van der Waals surface area contributed by atoms with E-state index >= 15 is 0 Å². The van der Waals surface area contributed by atoms with Crippen LogP contribution in [0.15, 0.2) is 42.5 Å². The highest BCUT2D eigenvalue weighted by atomic mass is 32.1. The Morgan fingerprint density at radius 2 is 1.97 bits per heavy atom. The molecule has 7 heteroatoms. The maximum atomic E-state index is 13.1. The lowest BCUT2D eigenvalue weighted by molar-refractivity contribution is -0.123. The molecule has 2 saturated heterocycles. The number of nitrogens with zero attached hydrogens (tertiary/aromatic N) is 3. The van der Waals surface area contributed by atoms with Crippen LogP contribution in [0.4, 0.5) is 5.69 Å². The Kier molecular flexibility index (Phi) is 5.33. The molecule has 2 atom stereocenters. The fourth-order valence-electron chi connectivity index (χ4n) is 4.61. The van der Waals surface area contributed by atoms with E-state index in [4.69, 9.17) is 4.98 Å². The number of rotatable bonds is 4. The van der Waals surface area contributed by atoms with Crippen LogP contribution in [0.25, 0.3) is 20.8 Å². The van der Waals surface area contributed by atoms with E-state index in [9.17, 15) is 14.7 Å². The first-order valence-electron chi connectivity index (χ1n) is 10.7. The Morgan fingerprint density at radius 3 is 2.74 bits per heavy atom. The number of hydrogen-bond acceptors (Lipinski definition) is 6. The van der Waals surface area contributed by atoms with Crippen LogP contribution in [-0.2, 0) is 9.59 Å². The molecule has 1 aromatic heterocycles. The molecular formula is C24H25N3O3S. The Hall–Kier alpha value is -2.61. The van der Waals surface area contributed by atoms with Crippen molar-refractivity contribution in [2.45, 2.75) is 32.2 Å². The lowest BCUT2D eigenvalue weighted by Crippen LogP contribution is -2.47. The summed E-state index contributed by atoms with van der Waals surface area (Å²) >= 11 is 1.64. The van der Waals surface area contributed by atoms with Crippen LogP contribution < -0.4 is 4.90 Å². The zero-order valence-corrected chi connectivity index (χ0v) is 18.3. The summed E-state index contributed by atoms with van der Waals surface area (Å²) in [7, 11) is 0. The number of aliphatic hydroxyl groups excluding tert-OH is 1. The molecule has 0 unspecified atom stereocenters. The van der Waals surface area contributed by atoms with E-state index in [-0.39, 0.29) is 30.8 Å². The number of aryl methyl sites for hydroxylation is 1. The topological polar surface area (TPSA) is 73.7 Å². The fourth-order valence-corrected chi connectivity index (χ4v) is 5.68. The Labute approximate surface area is 185 Å². The van der Waals surface area contributed by atoms with Crippen LogP contribution in [0.2, 0.25) is 0 Å². The second kappa shape index (κ2) is 8.15. The van der Waals surface area contributed by atoms with Crippen molar-refractivity contribution in [1.82, 2.24) is 9.88 Å². The fraction of sp³-hybridized carbons (Fsp3) is 0.375. The number of thiazole rings is 1. The monoisotopic (exact) mass is 435 g/mol. The molecule has 0 bridgehead atoms. The van der Waals surface area contributed by atoms with Crippen molar-refractivity contribution in [2.75, 3.05) is 24.6 Å². The average Bonchev–Trinajstić information content (AvgIpc) is 3.34. The first-order chi connectivity index (χ1) is 15.0. The number of hydrogen-bond donors (Lipinski definition) is 1. The van der Waals surface area contributed by atoms with Crippen LogP contribution in [0.5, 0.6) is 0 Å². The van der Waals surface area contributed by atoms with Gasteiger partial charge in [-0.05, 0) is 74.2 Å². The zero-order valence-electron chi connectivity index (χ0n) is 17.5. The lowest BCUT2D eigenvalue weighted by atomic mass is 9.97. The van der Waals surface area contributed by atoms with Crippen LogP contribution >= 0.6 is 11.3 Å². The molecule has 2 aliphatic heterocycles. The van der Waals surface area contributed by atoms with Gasteiger partial charge in [0.2, 0.25) is 5.91 Å². The van der Waals surface area contributed by atoms with E-state index in [1.165, 1.54) is 10.5 Å². The number of aliphatic hydroxyl groups is 1. The molecule has 2 amide bonds. The molecule has 31 heavy (non-hydrogen) atoms. The highest BCUT2D eigenvalue weighted by Crippen LogP contribution is 2.33. The molecule has 0 aliphatic carbocycles. The number of imide groups is 1. The van der Waals surface area contributed by atoms with Crippen LogP contribution in [0, 0.1) is 12.8 Å². The second-order valence-corrected chi connectivity index (χ2v) is 9.54. The van der Waals surface area contributed by atoms with Gasteiger partial charge in [0.05, 0.1) is 28.4 Å². The summed E-state index contributed by atoms with van der Waals surface area (Å²) in [6, 6.07) is 13.3. The first-order valence-corrected chi connectivity index (χ1v) is 11.5. The minimum atomic E-state index is -0.422. The van der Waals surface area contributed by atoms with Crippen molar-refractivity contribution in [3.05, 3.63) is 48.0 Å². The summed E-state index contributed by atoms with van der Waals surface area (Å²) in [5.74, 6) is -0.140. The van der Waals surface area contributed by atoms with Crippen molar-refractivity contribution >= 4 is 39.1 Å². The van der Waals surface area contributed by atoms with E-state index in [0.29, 0.717) is 12.2 Å². The first kappa shape index (κ1) is 20.3. The van der Waals surface area contributed by atoms with Gasteiger partial charge in [-0.3, -0.25) is 14.5 Å². The Morgan fingerprint density at radius 1 is 1.16 bits per heavy atom. The predicted molar refractivity (Wildman–Crippen MR) is 122 cm³/mol. The van der Waals surface area contributed by atoms with Crippen molar-refractivity contribution in [2.24, 2.45) is 5.92 Å². The minimum Gasteiger partial charge on any atom is -0.396 e. The Bertz CT molecular complexity index is 1140. The number of amides is 2. The summed E-state index contributed by atoms with van der Waals surface area (Å²) < 4.78 is 1.15. The van der Waals surface area contributed by atoms with E-state index in [0.717, 1.165) is 40.2 Å². The van der Waals surface area contributed by atoms with E-state index in [2.05, 4.69) is 24.0 Å². The molecule has 6 nitrogen and oxygen atoms in total. The molecule has 2 aromatic carbocycles. The van der Waals surface area contributed by atoms with Gasteiger partial charge in [-0.15, -0.1) is 11.3 Å². The number of carbonyl (C=O) groups is 2. The zero-order chi connectivity index (χ0) is 21.5. The van der Waals surface area contributed by atoms with Crippen molar-refractivity contribution in [3.63, 3.8) is 0 Å². The summed E-state index contributed by atoms with van der Waals surface area (Å²) in [5.41, 5.74) is 3.76. The Balaban J connectivity index is 1.36. The number of carbonyl (C=O) groups excluding carboxylic acids is 2. The third kappa shape index (κ3) is 3.78. The van der Waals surface area contributed by atoms with Gasteiger partial charge in [-0.25, -0.2) is 9.88 Å². The van der Waals surface area contributed by atoms with Crippen LogP contribution in [0.3, 0.4) is 0 Å². The summed E-state index contributed by atoms with van der Waals surface area (Å²) in [4.78, 5) is 33.9. The second-order valence-electron chi connectivity index (χ2n) is 8.51. The molecular weight excluding hydrogens is 410 g/mol. The van der Waals surface area contributed by atoms with E-state index in [1.807, 2.05) is 30.3 Å². The molecule has 5 rings (SSSR count). The third-order valence-electron chi connectivity index (χ3n) is 6.29. The van der Waals surface area contributed by atoms with Crippen molar-refractivity contribution in [3.8, 4) is 10.6 Å². The minimum absolute atomic E-state index is 0.127. The molecule has 2 fully saturated rings. The quantitative estimate of drug-likeness (QED) is 0.634. The van der Waals surface area contributed by atoms with Gasteiger partial charge in [0.25, 0.3) is 5.91 Å². The normalized spacial score (nSPS) is 22.6.